The third kappa shape index (κ3) is 7.41. The molecule has 0 heterocycles. The van der Waals surface area contributed by atoms with E-state index >= 15 is 0 Å². The van der Waals surface area contributed by atoms with Gasteiger partial charge in [-0.3, -0.25) is 9.45 Å². The molecule has 10 heteroatoms. The van der Waals surface area contributed by atoms with Crippen LogP contribution in [0.3, 0.4) is 0 Å². The molecule has 0 aromatic heterocycles. The second-order valence-corrected chi connectivity index (χ2v) is 8.55. The molecule has 0 bridgehead atoms. The Morgan fingerprint density at radius 1 is 1.28 bits per heavy atom. The van der Waals surface area contributed by atoms with Crippen LogP contribution in [-0.2, 0) is 19.6 Å². The molecule has 0 saturated heterocycles. The van der Waals surface area contributed by atoms with Gasteiger partial charge in [0.1, 0.15) is 18.0 Å². The summed E-state index contributed by atoms with van der Waals surface area (Å²) in [5.74, 6) is -1.44. The number of benzene rings is 1. The van der Waals surface area contributed by atoms with Gasteiger partial charge in [-0.2, -0.15) is 8.42 Å². The molecule has 25 heavy (non-hydrogen) atoms. The minimum atomic E-state index is -4.20. The number of carbonyl (C=O) groups is 2. The number of anilines is 1. The summed E-state index contributed by atoms with van der Waals surface area (Å²) in [5, 5.41) is 0. The Balaban J connectivity index is 2.82. The molecule has 140 valence electrons. The van der Waals surface area contributed by atoms with Crippen molar-refractivity contribution < 1.29 is 32.0 Å². The van der Waals surface area contributed by atoms with Gasteiger partial charge in [0.2, 0.25) is 0 Å². The first-order valence-electron chi connectivity index (χ1n) is 7.19. The normalized spacial score (nSPS) is 11.8. The summed E-state index contributed by atoms with van der Waals surface area (Å²) in [6.45, 7) is 4.78. The van der Waals surface area contributed by atoms with E-state index in [9.17, 15) is 18.0 Å². The van der Waals surface area contributed by atoms with Gasteiger partial charge in [0, 0.05) is 11.5 Å². The van der Waals surface area contributed by atoms with Gasteiger partial charge in [0.05, 0.1) is 11.3 Å². The zero-order chi connectivity index (χ0) is 19.4. The van der Waals surface area contributed by atoms with Crippen LogP contribution in [0.2, 0.25) is 0 Å². The average molecular weight is 438 g/mol. The molecule has 0 saturated carbocycles. The maximum absolute atomic E-state index is 12.1. The number of ether oxygens (including phenoxy) is 2. The number of hydrogen-bond donors (Lipinski definition) is 1. The summed E-state index contributed by atoms with van der Waals surface area (Å²) in [6, 6.07) is 4.39. The van der Waals surface area contributed by atoms with Crippen molar-refractivity contribution in [2.45, 2.75) is 26.4 Å². The summed E-state index contributed by atoms with van der Waals surface area (Å²) < 4.78 is 40.3. The smallest absolute Gasteiger partial charge is 0.414 e. The minimum Gasteiger partial charge on any atom is -0.461 e. The third-order valence-corrected chi connectivity index (χ3v) is 4.10. The van der Waals surface area contributed by atoms with E-state index in [0.29, 0.717) is 10.2 Å². The lowest BCUT2D eigenvalue weighted by Gasteiger charge is -2.25. The molecule has 1 rings (SSSR count). The minimum absolute atomic E-state index is 0.156. The Bertz CT molecular complexity index is 756. The lowest BCUT2D eigenvalue weighted by Crippen LogP contribution is -2.34. The fourth-order valence-electron chi connectivity index (χ4n) is 1.66. The first-order valence-corrected chi connectivity index (χ1v) is 9.59. The number of nitrogens with zero attached hydrogens (tertiary/aromatic N) is 1. The van der Waals surface area contributed by atoms with Gasteiger partial charge < -0.3 is 9.47 Å². The highest BCUT2D eigenvalue weighted by Gasteiger charge is 2.22. The molecule has 0 aliphatic rings. The number of esters is 1. The van der Waals surface area contributed by atoms with Crippen LogP contribution in [0.15, 0.2) is 22.7 Å². The number of carbonyl (C=O) groups excluding carboxylic acids is 2. The maximum Gasteiger partial charge on any atom is 0.414 e. The standard InChI is InChI=1S/C15H20BrNO7S/c1-15(2,3)24-14(19)17(4)12-6-5-10(9-11(12)16)13(18)23-7-8-25(20,21)22/h5-6,9H,7-8H2,1-4H3,(H,20,21,22). The SMILES string of the molecule is CN(C(=O)OC(C)(C)C)c1ccc(C(=O)OCCS(=O)(=O)O)cc1Br. The van der Waals surface area contributed by atoms with E-state index < -0.39 is 40.1 Å². The van der Waals surface area contributed by atoms with Crippen molar-refractivity contribution in [3.8, 4) is 0 Å². The van der Waals surface area contributed by atoms with Crippen LogP contribution in [0.1, 0.15) is 31.1 Å². The molecule has 0 radical (unpaired) electrons. The fourth-order valence-corrected chi connectivity index (χ4v) is 2.60. The monoisotopic (exact) mass is 437 g/mol. The van der Waals surface area contributed by atoms with Crippen LogP contribution in [0.25, 0.3) is 0 Å². The number of halogens is 1. The summed E-state index contributed by atoms with van der Waals surface area (Å²) in [6.07, 6.45) is -0.559. The summed E-state index contributed by atoms with van der Waals surface area (Å²) >= 11 is 3.27. The number of amides is 1. The van der Waals surface area contributed by atoms with Crippen molar-refractivity contribution in [2.75, 3.05) is 24.3 Å². The Morgan fingerprint density at radius 2 is 1.88 bits per heavy atom. The fraction of sp³-hybridized carbons (Fsp3) is 0.467. The van der Waals surface area contributed by atoms with Crippen LogP contribution in [0.5, 0.6) is 0 Å². The van der Waals surface area contributed by atoms with E-state index in [1.54, 1.807) is 20.8 Å². The zero-order valence-electron chi connectivity index (χ0n) is 14.3. The van der Waals surface area contributed by atoms with Crippen molar-refractivity contribution in [2.24, 2.45) is 0 Å². The Kier molecular flexibility index (Phi) is 6.98. The van der Waals surface area contributed by atoms with Crippen LogP contribution in [0.4, 0.5) is 10.5 Å². The second kappa shape index (κ2) is 8.15. The predicted molar refractivity (Wildman–Crippen MR) is 95.5 cm³/mol. The highest BCUT2D eigenvalue weighted by molar-refractivity contribution is 9.10. The van der Waals surface area contributed by atoms with Crippen molar-refractivity contribution in [3.05, 3.63) is 28.2 Å². The van der Waals surface area contributed by atoms with E-state index in [4.69, 9.17) is 14.0 Å². The van der Waals surface area contributed by atoms with E-state index in [0.717, 1.165) is 0 Å². The van der Waals surface area contributed by atoms with Gasteiger partial charge in [-0.25, -0.2) is 9.59 Å². The van der Waals surface area contributed by atoms with Gasteiger partial charge in [-0.15, -0.1) is 0 Å². The van der Waals surface area contributed by atoms with E-state index in [1.807, 2.05) is 0 Å². The quantitative estimate of drug-likeness (QED) is 0.556. The molecule has 0 spiro atoms. The van der Waals surface area contributed by atoms with Gasteiger partial charge in [-0.1, -0.05) is 0 Å². The molecule has 1 aromatic rings. The van der Waals surface area contributed by atoms with Gasteiger partial charge in [-0.05, 0) is 54.9 Å². The molecule has 1 aromatic carbocycles. The first kappa shape index (κ1) is 21.4. The van der Waals surface area contributed by atoms with Gasteiger partial charge in [0.25, 0.3) is 10.1 Å². The zero-order valence-corrected chi connectivity index (χ0v) is 16.7. The molecule has 8 nitrogen and oxygen atoms in total. The van der Waals surface area contributed by atoms with Gasteiger partial charge in [0.15, 0.2) is 0 Å². The molecule has 0 aliphatic carbocycles. The van der Waals surface area contributed by atoms with Crippen molar-refractivity contribution >= 4 is 43.8 Å². The second-order valence-electron chi connectivity index (χ2n) is 6.13. The molecule has 1 amide bonds. The highest BCUT2D eigenvalue weighted by Crippen LogP contribution is 2.28. The summed E-state index contributed by atoms with van der Waals surface area (Å²) in [5.41, 5.74) is -0.0125. The molecule has 0 fully saturated rings. The highest BCUT2D eigenvalue weighted by atomic mass is 79.9. The maximum atomic E-state index is 12.1. The van der Waals surface area contributed by atoms with E-state index in [2.05, 4.69) is 15.9 Å². The van der Waals surface area contributed by atoms with Crippen molar-refractivity contribution in [3.63, 3.8) is 0 Å². The largest absolute Gasteiger partial charge is 0.461 e. The number of rotatable bonds is 5. The molecular formula is C15H20BrNO7S. The Morgan fingerprint density at radius 3 is 2.36 bits per heavy atom. The predicted octanol–water partition coefficient (Wildman–Crippen LogP) is 2.87. The third-order valence-electron chi connectivity index (χ3n) is 2.79. The van der Waals surface area contributed by atoms with E-state index in [1.165, 1.54) is 30.1 Å². The number of hydrogen-bond acceptors (Lipinski definition) is 6. The average Bonchev–Trinajstić information content (AvgIpc) is 2.43. The van der Waals surface area contributed by atoms with E-state index in [-0.39, 0.29) is 5.56 Å². The summed E-state index contributed by atoms with van der Waals surface area (Å²) in [7, 11) is -2.67. The lowest BCUT2D eigenvalue weighted by atomic mass is 10.2. The topological polar surface area (TPSA) is 110 Å². The van der Waals surface area contributed by atoms with Crippen molar-refractivity contribution in [1.82, 2.24) is 0 Å². The molecule has 1 N–H and O–H groups in total. The Hall–Kier alpha value is -1.65. The van der Waals surface area contributed by atoms with Crippen LogP contribution in [-0.4, -0.2) is 50.0 Å². The molecule has 0 aliphatic heterocycles. The first-order chi connectivity index (χ1) is 11.3. The van der Waals surface area contributed by atoms with Crippen molar-refractivity contribution in [1.29, 1.82) is 0 Å². The molecular weight excluding hydrogens is 418 g/mol. The lowest BCUT2D eigenvalue weighted by molar-refractivity contribution is 0.0527. The van der Waals surface area contributed by atoms with Crippen LogP contribution in [0, 0.1) is 0 Å². The van der Waals surface area contributed by atoms with Crippen LogP contribution >= 0.6 is 15.9 Å². The molecule has 0 unspecified atom stereocenters. The Labute approximate surface area is 155 Å². The van der Waals surface area contributed by atoms with Gasteiger partial charge >= 0.3 is 12.1 Å². The van der Waals surface area contributed by atoms with Crippen LogP contribution < -0.4 is 4.90 Å². The molecule has 0 atom stereocenters. The summed E-state index contributed by atoms with van der Waals surface area (Å²) in [4.78, 5) is 25.2.